The monoisotopic (exact) mass is 374 g/mol. The minimum Gasteiger partial charge on any atom is -0.457 e. The van der Waals surface area contributed by atoms with Crippen molar-refractivity contribution in [3.63, 3.8) is 0 Å². The highest BCUT2D eigenvalue weighted by molar-refractivity contribution is 6.42. The van der Waals surface area contributed by atoms with Crippen molar-refractivity contribution in [2.45, 2.75) is 6.42 Å². The van der Waals surface area contributed by atoms with Crippen LogP contribution >= 0.6 is 34.8 Å². The van der Waals surface area contributed by atoms with Crippen LogP contribution in [-0.4, -0.2) is 18.4 Å². The van der Waals surface area contributed by atoms with Gasteiger partial charge in [-0.1, -0.05) is 40.9 Å². The summed E-state index contributed by atoms with van der Waals surface area (Å²) in [4.78, 5) is 23.6. The number of hydrogen-bond acceptors (Lipinski definition) is 3. The van der Waals surface area contributed by atoms with Gasteiger partial charge >= 0.3 is 5.97 Å². The Morgan fingerprint density at radius 3 is 2.39 bits per heavy atom. The number of hydrogen-bond donors (Lipinski definition) is 0. The minimum atomic E-state index is -0.759. The Bertz CT molecular complexity index is 742. The molecule has 120 valence electrons. The topological polar surface area (TPSA) is 43.4 Å². The van der Waals surface area contributed by atoms with Crippen LogP contribution in [0.15, 0.2) is 36.4 Å². The highest BCUT2D eigenvalue weighted by Gasteiger charge is 2.15. The van der Waals surface area contributed by atoms with Crippen LogP contribution in [0.5, 0.6) is 0 Å². The predicted octanol–water partition coefficient (Wildman–Crippen LogP) is 4.75. The lowest BCUT2D eigenvalue weighted by molar-refractivity contribution is -0.141. The maximum atomic E-state index is 13.6. The number of esters is 1. The van der Waals surface area contributed by atoms with Gasteiger partial charge in [0.25, 0.3) is 0 Å². The summed E-state index contributed by atoms with van der Waals surface area (Å²) in [5.74, 6) is -1.81. The van der Waals surface area contributed by atoms with Crippen molar-refractivity contribution < 1.29 is 18.7 Å². The largest absolute Gasteiger partial charge is 0.457 e. The van der Waals surface area contributed by atoms with Crippen molar-refractivity contribution in [2.75, 3.05) is 6.61 Å². The van der Waals surface area contributed by atoms with E-state index in [1.54, 1.807) is 0 Å². The fraction of sp³-hybridized carbons (Fsp3) is 0.125. The Hall–Kier alpha value is -1.62. The number of ketones is 1. The summed E-state index contributed by atoms with van der Waals surface area (Å²) in [5.41, 5.74) is 0.289. The fourth-order valence-corrected chi connectivity index (χ4v) is 2.32. The second-order valence-electron chi connectivity index (χ2n) is 4.59. The van der Waals surface area contributed by atoms with E-state index in [1.807, 2.05) is 0 Å². The molecule has 0 spiro atoms. The summed E-state index contributed by atoms with van der Waals surface area (Å²) >= 11 is 17.4. The van der Waals surface area contributed by atoms with E-state index in [4.69, 9.17) is 39.5 Å². The average molecular weight is 376 g/mol. The molecule has 23 heavy (non-hydrogen) atoms. The lowest BCUT2D eigenvalue weighted by atomic mass is 10.1. The SMILES string of the molecule is O=C(Cc1c(F)cccc1Cl)OCC(=O)c1ccc(Cl)c(Cl)c1. The molecule has 0 amide bonds. The first-order valence-electron chi connectivity index (χ1n) is 6.45. The standard InChI is InChI=1S/C16H10Cl3FO3/c17-11-2-1-3-14(20)10(11)7-16(22)23-8-15(21)9-4-5-12(18)13(19)6-9/h1-6H,7-8H2. The van der Waals surface area contributed by atoms with Gasteiger partial charge in [-0.15, -0.1) is 0 Å². The number of Topliss-reactive ketones (excluding diaryl/α,β-unsaturated/α-hetero) is 1. The van der Waals surface area contributed by atoms with Crippen LogP contribution in [0.3, 0.4) is 0 Å². The van der Waals surface area contributed by atoms with Gasteiger partial charge in [0.15, 0.2) is 12.4 Å². The number of carbonyl (C=O) groups excluding carboxylic acids is 2. The van der Waals surface area contributed by atoms with E-state index in [0.717, 1.165) is 0 Å². The van der Waals surface area contributed by atoms with Crippen LogP contribution in [0.1, 0.15) is 15.9 Å². The first-order valence-corrected chi connectivity index (χ1v) is 7.58. The van der Waals surface area contributed by atoms with E-state index in [0.29, 0.717) is 5.02 Å². The lowest BCUT2D eigenvalue weighted by Gasteiger charge is -2.07. The first kappa shape index (κ1) is 17.7. The molecule has 0 unspecified atom stereocenters. The molecule has 0 aliphatic rings. The first-order chi connectivity index (χ1) is 10.9. The Kier molecular flexibility index (Phi) is 5.99. The molecule has 2 aromatic rings. The number of ether oxygens (including phenoxy) is 1. The molecule has 7 heteroatoms. The number of benzene rings is 2. The zero-order valence-corrected chi connectivity index (χ0v) is 13.9. The Morgan fingerprint density at radius 1 is 1.00 bits per heavy atom. The summed E-state index contributed by atoms with van der Waals surface area (Å²) in [6, 6.07) is 8.41. The maximum absolute atomic E-state index is 13.6. The number of carbonyl (C=O) groups is 2. The second-order valence-corrected chi connectivity index (χ2v) is 5.81. The van der Waals surface area contributed by atoms with E-state index in [1.165, 1.54) is 36.4 Å². The van der Waals surface area contributed by atoms with E-state index < -0.39 is 24.2 Å². The van der Waals surface area contributed by atoms with Crippen molar-refractivity contribution in [1.82, 2.24) is 0 Å². The van der Waals surface area contributed by atoms with Gasteiger partial charge in [-0.05, 0) is 30.3 Å². The summed E-state index contributed by atoms with van der Waals surface area (Å²) in [7, 11) is 0. The molecule has 0 atom stereocenters. The van der Waals surface area contributed by atoms with Gasteiger partial charge in [0.05, 0.1) is 16.5 Å². The third-order valence-corrected chi connectivity index (χ3v) is 4.08. The summed E-state index contributed by atoms with van der Waals surface area (Å²) in [5, 5.41) is 0.661. The van der Waals surface area contributed by atoms with E-state index in [2.05, 4.69) is 0 Å². The van der Waals surface area contributed by atoms with Gasteiger partial charge in [0.1, 0.15) is 5.82 Å². The maximum Gasteiger partial charge on any atom is 0.310 e. The van der Waals surface area contributed by atoms with E-state index >= 15 is 0 Å². The molecular weight excluding hydrogens is 366 g/mol. The Balaban J connectivity index is 1.96. The molecule has 0 radical (unpaired) electrons. The zero-order valence-electron chi connectivity index (χ0n) is 11.6. The van der Waals surface area contributed by atoms with E-state index in [9.17, 15) is 14.0 Å². The van der Waals surface area contributed by atoms with Crippen molar-refractivity contribution in [3.05, 3.63) is 68.4 Å². The predicted molar refractivity (Wildman–Crippen MR) is 86.9 cm³/mol. The van der Waals surface area contributed by atoms with Gasteiger partial charge < -0.3 is 4.74 Å². The fourth-order valence-electron chi connectivity index (χ4n) is 1.80. The summed E-state index contributed by atoms with van der Waals surface area (Å²) in [6.45, 7) is -0.483. The molecule has 0 N–H and O–H groups in total. The van der Waals surface area contributed by atoms with Gasteiger partial charge in [-0.25, -0.2) is 4.39 Å². The highest BCUT2D eigenvalue weighted by Crippen LogP contribution is 2.23. The van der Waals surface area contributed by atoms with Crippen LogP contribution in [0.4, 0.5) is 4.39 Å². The van der Waals surface area contributed by atoms with Crippen molar-refractivity contribution in [1.29, 1.82) is 0 Å². The van der Waals surface area contributed by atoms with E-state index in [-0.39, 0.29) is 27.6 Å². The van der Waals surface area contributed by atoms with Crippen LogP contribution in [0.2, 0.25) is 15.1 Å². The lowest BCUT2D eigenvalue weighted by Crippen LogP contribution is -2.16. The van der Waals surface area contributed by atoms with Gasteiger partial charge in [-0.3, -0.25) is 9.59 Å². The van der Waals surface area contributed by atoms with Crippen LogP contribution in [0.25, 0.3) is 0 Å². The molecular formula is C16H10Cl3FO3. The third-order valence-electron chi connectivity index (χ3n) is 2.99. The van der Waals surface area contributed by atoms with Crippen LogP contribution in [0, 0.1) is 5.82 Å². The zero-order chi connectivity index (χ0) is 17.0. The van der Waals surface area contributed by atoms with Gasteiger partial charge in [0.2, 0.25) is 0 Å². The molecule has 0 aliphatic carbocycles. The van der Waals surface area contributed by atoms with Crippen molar-refractivity contribution in [3.8, 4) is 0 Å². The highest BCUT2D eigenvalue weighted by atomic mass is 35.5. The molecule has 2 rings (SSSR count). The van der Waals surface area contributed by atoms with Gasteiger partial charge in [0, 0.05) is 16.1 Å². The number of rotatable bonds is 5. The third kappa shape index (κ3) is 4.67. The quantitative estimate of drug-likeness (QED) is 0.559. The second kappa shape index (κ2) is 7.77. The smallest absolute Gasteiger partial charge is 0.310 e. The summed E-state index contributed by atoms with van der Waals surface area (Å²) in [6.07, 6.45) is -0.361. The van der Waals surface area contributed by atoms with Crippen LogP contribution in [-0.2, 0) is 16.0 Å². The number of halogens is 4. The van der Waals surface area contributed by atoms with Crippen molar-refractivity contribution in [2.24, 2.45) is 0 Å². The molecule has 0 bridgehead atoms. The molecule has 0 fully saturated rings. The molecule has 0 aromatic heterocycles. The summed E-state index contributed by atoms with van der Waals surface area (Å²) < 4.78 is 18.4. The van der Waals surface area contributed by atoms with Crippen LogP contribution < -0.4 is 0 Å². The average Bonchev–Trinajstić information content (AvgIpc) is 2.51. The Labute approximate surface area is 146 Å². The molecule has 0 aliphatic heterocycles. The molecule has 3 nitrogen and oxygen atoms in total. The molecule has 0 heterocycles. The molecule has 0 saturated heterocycles. The molecule has 0 saturated carbocycles. The molecule has 2 aromatic carbocycles. The van der Waals surface area contributed by atoms with Crippen molar-refractivity contribution >= 4 is 46.6 Å². The minimum absolute atomic E-state index is 0.0288. The normalized spacial score (nSPS) is 10.4. The Morgan fingerprint density at radius 2 is 1.74 bits per heavy atom. The van der Waals surface area contributed by atoms with Gasteiger partial charge in [-0.2, -0.15) is 0 Å².